The number of nitrogens with zero attached hydrogens (tertiary/aromatic N) is 4. The second-order valence-electron chi connectivity index (χ2n) is 4.99. The zero-order chi connectivity index (χ0) is 17.4. The van der Waals surface area contributed by atoms with Crippen LogP contribution in [0.3, 0.4) is 0 Å². The van der Waals surface area contributed by atoms with E-state index in [4.69, 9.17) is 23.2 Å². The number of rotatable bonds is 4. The van der Waals surface area contributed by atoms with Crippen molar-refractivity contribution in [3.05, 3.63) is 66.8 Å². The van der Waals surface area contributed by atoms with Crippen molar-refractivity contribution in [3.63, 3.8) is 0 Å². The molecular weight excluding hydrogens is 357 g/mol. The van der Waals surface area contributed by atoms with Crippen molar-refractivity contribution in [3.8, 4) is 0 Å². The highest BCUT2D eigenvalue weighted by Gasteiger charge is 2.23. The number of nitro groups is 1. The van der Waals surface area contributed by atoms with Crippen LogP contribution in [0.15, 0.2) is 35.3 Å². The quantitative estimate of drug-likeness (QED) is 0.565. The zero-order valence-corrected chi connectivity index (χ0v) is 13.9. The Bertz CT molecular complexity index is 1010. The maximum Gasteiger partial charge on any atom is 0.376 e. The van der Waals surface area contributed by atoms with Gasteiger partial charge in [-0.25, -0.2) is 4.98 Å². The molecule has 0 unspecified atom stereocenters. The Hall–Kier alpha value is -2.58. The van der Waals surface area contributed by atoms with Crippen molar-refractivity contribution < 1.29 is 4.92 Å². The van der Waals surface area contributed by atoms with Crippen LogP contribution >= 0.6 is 23.2 Å². The fraction of sp³-hybridized carbons (Fsp3) is 0.143. The summed E-state index contributed by atoms with van der Waals surface area (Å²) in [5.41, 5.74) is -0.381. The van der Waals surface area contributed by atoms with Crippen LogP contribution in [0.2, 0.25) is 10.2 Å². The number of halogens is 2. The molecule has 0 radical (unpaired) electrons. The molecule has 0 saturated heterocycles. The maximum absolute atomic E-state index is 12.3. The molecule has 10 heteroatoms. The second kappa shape index (κ2) is 6.14. The lowest BCUT2D eigenvalue weighted by molar-refractivity contribution is -0.385. The average molecular weight is 368 g/mol. The van der Waals surface area contributed by atoms with Crippen molar-refractivity contribution in [1.82, 2.24) is 14.0 Å². The summed E-state index contributed by atoms with van der Waals surface area (Å²) in [6.45, 7) is 0.166. The van der Waals surface area contributed by atoms with Gasteiger partial charge in [-0.3, -0.25) is 19.3 Å². The predicted molar refractivity (Wildman–Crippen MR) is 90.9 cm³/mol. The fourth-order valence-corrected chi connectivity index (χ4v) is 2.72. The molecule has 0 aliphatic heterocycles. The normalized spacial score (nSPS) is 11.0. The summed E-state index contributed by atoms with van der Waals surface area (Å²) in [7, 11) is 1.71. The van der Waals surface area contributed by atoms with Crippen LogP contribution in [-0.2, 0) is 13.6 Å². The van der Waals surface area contributed by atoms with Gasteiger partial charge in [-0.2, -0.15) is 0 Å². The average Bonchev–Trinajstić information content (AvgIpc) is 2.79. The maximum atomic E-state index is 12.3. The molecule has 1 N–H and O–H groups in total. The predicted octanol–water partition coefficient (Wildman–Crippen LogP) is 2.86. The van der Waals surface area contributed by atoms with Crippen molar-refractivity contribution in [1.29, 1.82) is 0 Å². The Balaban J connectivity index is 2.05. The van der Waals surface area contributed by atoms with E-state index in [9.17, 15) is 14.9 Å². The fourth-order valence-electron chi connectivity index (χ4n) is 2.30. The van der Waals surface area contributed by atoms with E-state index in [0.717, 1.165) is 4.40 Å². The van der Waals surface area contributed by atoms with Crippen LogP contribution < -0.4 is 10.9 Å². The van der Waals surface area contributed by atoms with Crippen LogP contribution in [0.5, 0.6) is 0 Å². The summed E-state index contributed by atoms with van der Waals surface area (Å²) in [6, 6.07) is 6.51. The summed E-state index contributed by atoms with van der Waals surface area (Å²) in [4.78, 5) is 27.0. The lowest BCUT2D eigenvalue weighted by Gasteiger charge is -2.09. The van der Waals surface area contributed by atoms with Gasteiger partial charge in [-0.05, 0) is 18.2 Å². The molecule has 124 valence electrons. The molecule has 3 heterocycles. The SMILES string of the molecule is Cn1c(CNc2nc3ccccn3c(=O)c2[N+](=O)[O-])cc(Cl)c1Cl. The highest BCUT2D eigenvalue weighted by molar-refractivity contribution is 6.41. The van der Waals surface area contributed by atoms with Gasteiger partial charge in [0.25, 0.3) is 0 Å². The molecular formula is C14H11Cl2N5O3. The third-order valence-electron chi connectivity index (χ3n) is 3.55. The lowest BCUT2D eigenvalue weighted by Crippen LogP contribution is -2.21. The first-order valence-electron chi connectivity index (χ1n) is 6.79. The Morgan fingerprint density at radius 2 is 2.12 bits per heavy atom. The van der Waals surface area contributed by atoms with E-state index in [-0.39, 0.29) is 12.4 Å². The smallest absolute Gasteiger partial charge is 0.359 e. The Labute approximate surface area is 145 Å². The minimum Gasteiger partial charge on any atom is -0.359 e. The van der Waals surface area contributed by atoms with Gasteiger partial charge in [0.05, 0.1) is 16.5 Å². The molecule has 3 aromatic heterocycles. The number of hydrogen-bond donors (Lipinski definition) is 1. The van der Waals surface area contributed by atoms with E-state index in [1.54, 1.807) is 35.9 Å². The topological polar surface area (TPSA) is 94.5 Å². The number of hydrogen-bond acceptors (Lipinski definition) is 5. The van der Waals surface area contributed by atoms with Gasteiger partial charge in [0.1, 0.15) is 10.8 Å². The van der Waals surface area contributed by atoms with Crippen molar-refractivity contribution in [2.45, 2.75) is 6.54 Å². The highest BCUT2D eigenvalue weighted by Crippen LogP contribution is 2.26. The molecule has 3 aromatic rings. The molecule has 0 fully saturated rings. The van der Waals surface area contributed by atoms with Gasteiger partial charge in [0.2, 0.25) is 5.82 Å². The van der Waals surface area contributed by atoms with E-state index in [1.807, 2.05) is 0 Å². The van der Waals surface area contributed by atoms with Crippen LogP contribution in [0.25, 0.3) is 5.65 Å². The number of anilines is 1. The standard InChI is InChI=1S/C14H11Cl2N5O3/c1-19-8(6-9(15)12(19)16)7-17-13-11(21(23)24)14(22)20-5-3-2-4-10(20)18-13/h2-6,17H,7H2,1H3. The summed E-state index contributed by atoms with van der Waals surface area (Å²) in [5.74, 6) is -0.107. The monoisotopic (exact) mass is 367 g/mol. The summed E-state index contributed by atoms with van der Waals surface area (Å²) >= 11 is 11.9. The second-order valence-corrected chi connectivity index (χ2v) is 5.75. The summed E-state index contributed by atoms with van der Waals surface area (Å²) in [6.07, 6.45) is 1.43. The van der Waals surface area contributed by atoms with E-state index in [0.29, 0.717) is 21.5 Å². The molecule has 0 aliphatic rings. The molecule has 0 atom stereocenters. The van der Waals surface area contributed by atoms with Crippen molar-refractivity contribution in [2.75, 3.05) is 5.32 Å². The molecule has 0 amide bonds. The van der Waals surface area contributed by atoms with Crippen molar-refractivity contribution >= 4 is 40.4 Å². The molecule has 8 nitrogen and oxygen atoms in total. The Morgan fingerprint density at radius 1 is 1.38 bits per heavy atom. The number of aromatic nitrogens is 3. The van der Waals surface area contributed by atoms with Crippen LogP contribution in [0.4, 0.5) is 11.5 Å². The van der Waals surface area contributed by atoms with Crippen LogP contribution in [0.1, 0.15) is 5.69 Å². The molecule has 3 rings (SSSR count). The third kappa shape index (κ3) is 2.70. The van der Waals surface area contributed by atoms with Crippen LogP contribution in [-0.4, -0.2) is 18.9 Å². The number of pyridine rings is 1. The molecule has 0 aromatic carbocycles. The first kappa shape index (κ1) is 16.3. The lowest BCUT2D eigenvalue weighted by atomic mass is 10.3. The first-order valence-corrected chi connectivity index (χ1v) is 7.55. The minimum atomic E-state index is -0.754. The first-order chi connectivity index (χ1) is 11.4. The van der Waals surface area contributed by atoms with Crippen LogP contribution in [0, 0.1) is 10.1 Å². The highest BCUT2D eigenvalue weighted by atomic mass is 35.5. The van der Waals surface area contributed by atoms with Gasteiger partial charge in [-0.1, -0.05) is 29.3 Å². The molecule has 0 aliphatic carbocycles. The van der Waals surface area contributed by atoms with Gasteiger partial charge in [0.15, 0.2) is 0 Å². The minimum absolute atomic E-state index is 0.107. The van der Waals surface area contributed by atoms with Crippen molar-refractivity contribution in [2.24, 2.45) is 7.05 Å². The van der Waals surface area contributed by atoms with Gasteiger partial charge < -0.3 is 9.88 Å². The summed E-state index contributed by atoms with van der Waals surface area (Å²) < 4.78 is 2.76. The van der Waals surface area contributed by atoms with E-state index in [2.05, 4.69) is 10.3 Å². The number of nitrogens with one attached hydrogen (secondary N) is 1. The third-order valence-corrected chi connectivity index (χ3v) is 4.39. The Kier molecular flexibility index (Phi) is 4.16. The molecule has 0 saturated carbocycles. The van der Waals surface area contributed by atoms with Gasteiger partial charge in [0, 0.05) is 18.9 Å². The van der Waals surface area contributed by atoms with Gasteiger partial charge in [-0.15, -0.1) is 0 Å². The van der Waals surface area contributed by atoms with Gasteiger partial charge >= 0.3 is 11.2 Å². The molecule has 0 spiro atoms. The van der Waals surface area contributed by atoms with E-state index in [1.165, 1.54) is 6.20 Å². The number of fused-ring (bicyclic) bond motifs is 1. The molecule has 0 bridgehead atoms. The van der Waals surface area contributed by atoms with E-state index < -0.39 is 16.2 Å². The zero-order valence-electron chi connectivity index (χ0n) is 12.4. The largest absolute Gasteiger partial charge is 0.376 e. The Morgan fingerprint density at radius 3 is 2.75 bits per heavy atom. The summed E-state index contributed by atoms with van der Waals surface area (Å²) in [5, 5.41) is 14.8. The molecule has 24 heavy (non-hydrogen) atoms. The van der Waals surface area contributed by atoms with E-state index >= 15 is 0 Å².